The second kappa shape index (κ2) is 22.7. The van der Waals surface area contributed by atoms with Gasteiger partial charge in [-0.1, -0.05) is 20.8 Å². The van der Waals surface area contributed by atoms with Crippen molar-refractivity contribution in [1.82, 2.24) is 41.5 Å². The Morgan fingerprint density at radius 1 is 0.986 bits per heavy atom. The summed E-state index contributed by atoms with van der Waals surface area (Å²) in [6, 6.07) is -2.44. The molecule has 25 heteroatoms. The summed E-state index contributed by atoms with van der Waals surface area (Å²) >= 11 is 0. The van der Waals surface area contributed by atoms with Gasteiger partial charge in [0.1, 0.15) is 43.9 Å². The highest BCUT2D eigenvalue weighted by Gasteiger charge is 2.46. The molecule has 0 saturated carbocycles. The van der Waals surface area contributed by atoms with Crippen molar-refractivity contribution in [2.75, 3.05) is 33.0 Å². The molecule has 0 radical (unpaired) electrons. The molecule has 0 unspecified atom stereocenters. The fraction of sp³-hybridized carbons (Fsp3) is 0.522. The van der Waals surface area contributed by atoms with Crippen molar-refractivity contribution < 1.29 is 67.2 Å². The largest absolute Gasteiger partial charge is 0.481 e. The first-order valence-corrected chi connectivity index (χ1v) is 23.2. The Morgan fingerprint density at radius 2 is 1.72 bits per heavy atom. The Morgan fingerprint density at radius 3 is 2.39 bits per heavy atom. The highest BCUT2D eigenvalue weighted by atomic mass is 19.1. The van der Waals surface area contributed by atoms with E-state index < -0.39 is 114 Å². The van der Waals surface area contributed by atoms with E-state index in [-0.39, 0.29) is 69.7 Å². The van der Waals surface area contributed by atoms with Gasteiger partial charge in [0.05, 0.1) is 48.2 Å². The van der Waals surface area contributed by atoms with E-state index in [9.17, 15) is 48.3 Å². The number of carboxylic acids is 1. The van der Waals surface area contributed by atoms with Gasteiger partial charge in [-0.3, -0.25) is 28.8 Å². The van der Waals surface area contributed by atoms with Gasteiger partial charge in [-0.25, -0.2) is 23.8 Å². The minimum Gasteiger partial charge on any atom is -0.481 e. The standard InChI is InChI=1S/C46H59FN10O14/c1-5-46(68)26-15-32-38-24(18-57(32)42(64)25(26)19-71-43(46)65)36-28(9-8-23-22(4)27(47)16-31(53-38)35(23)36)55-45(67)70-14-13-69-20-51-39(61)29(7-6-12-50-44(49)66)54-41(63)37(21(2)3)56-40(62)30(10-11-34(59)60)52-33(58)17-48/h15-16,21,28-30,37,68H,5-14,17-20,48H2,1-4H3,(H,51,61)(H,52,58)(H,54,63)(H,55,67)(H,56,62)(H,59,60)(H3,49,50,66)/t28-,29-,30-,37-,46-/m0/s1. The fourth-order valence-electron chi connectivity index (χ4n) is 9.02. The molecule has 0 saturated heterocycles. The molecule has 4 heterocycles. The maximum absolute atomic E-state index is 15.4. The third-order valence-electron chi connectivity index (χ3n) is 12.8. The Hall–Kier alpha value is -7.25. The quantitative estimate of drug-likeness (QED) is 0.0275. The van der Waals surface area contributed by atoms with E-state index >= 15 is 4.39 Å². The first-order valence-electron chi connectivity index (χ1n) is 23.2. The number of nitrogens with one attached hydrogen (secondary N) is 6. The molecule has 7 amide bonds. The minimum atomic E-state index is -2.06. The lowest BCUT2D eigenvalue weighted by Crippen LogP contribution is -2.58. The van der Waals surface area contributed by atoms with Crippen LogP contribution in [0.3, 0.4) is 0 Å². The van der Waals surface area contributed by atoms with Crippen LogP contribution in [-0.2, 0) is 68.2 Å². The molecule has 24 nitrogen and oxygen atoms in total. The number of nitrogens with two attached hydrogens (primary N) is 2. The van der Waals surface area contributed by atoms with Crippen LogP contribution in [-0.4, -0.2) is 119 Å². The lowest BCUT2D eigenvalue weighted by Gasteiger charge is -2.31. The number of nitrogens with zero attached hydrogens (tertiary/aromatic N) is 2. The Kier molecular flexibility index (Phi) is 17.0. The summed E-state index contributed by atoms with van der Waals surface area (Å²) in [4.78, 5) is 119. The third-order valence-corrected chi connectivity index (χ3v) is 12.8. The number of halogens is 1. The number of ether oxygens (including phenoxy) is 3. The summed E-state index contributed by atoms with van der Waals surface area (Å²) in [6.07, 6.45) is -0.769. The van der Waals surface area contributed by atoms with Crippen molar-refractivity contribution >= 4 is 58.6 Å². The van der Waals surface area contributed by atoms with Crippen molar-refractivity contribution in [3.8, 4) is 11.4 Å². The fourth-order valence-corrected chi connectivity index (χ4v) is 9.02. The van der Waals surface area contributed by atoms with Gasteiger partial charge >= 0.3 is 24.1 Å². The van der Waals surface area contributed by atoms with Crippen LogP contribution in [0.1, 0.15) is 98.7 Å². The van der Waals surface area contributed by atoms with Crippen molar-refractivity contribution in [2.24, 2.45) is 17.4 Å². The number of hydrogen-bond donors (Lipinski definition) is 10. The second-order valence-corrected chi connectivity index (χ2v) is 17.8. The van der Waals surface area contributed by atoms with Crippen LogP contribution in [0.4, 0.5) is 14.0 Å². The predicted octanol–water partition coefficient (Wildman–Crippen LogP) is -0.287. The first-order chi connectivity index (χ1) is 33.7. The van der Waals surface area contributed by atoms with Gasteiger partial charge in [-0.2, -0.15) is 0 Å². The van der Waals surface area contributed by atoms with Gasteiger partial charge in [0, 0.05) is 35.5 Å². The maximum Gasteiger partial charge on any atom is 0.407 e. The Balaban J connectivity index is 1.09. The van der Waals surface area contributed by atoms with Crippen LogP contribution in [0.25, 0.3) is 22.3 Å². The summed E-state index contributed by atoms with van der Waals surface area (Å²) in [5, 5.41) is 36.4. The summed E-state index contributed by atoms with van der Waals surface area (Å²) in [6.45, 7) is 4.89. The molecule has 384 valence electrons. The summed E-state index contributed by atoms with van der Waals surface area (Å²) in [7, 11) is 0. The highest BCUT2D eigenvalue weighted by Crippen LogP contribution is 2.46. The number of aryl methyl sites for hydroxylation is 1. The number of esters is 1. The number of carbonyl (C=O) groups is 8. The zero-order valence-electron chi connectivity index (χ0n) is 39.7. The number of pyridine rings is 2. The molecule has 3 aromatic rings. The number of hydrogen-bond acceptors (Lipinski definition) is 15. The smallest absolute Gasteiger partial charge is 0.407 e. The van der Waals surface area contributed by atoms with Crippen LogP contribution in [0, 0.1) is 18.7 Å². The van der Waals surface area contributed by atoms with Gasteiger partial charge in [-0.15, -0.1) is 0 Å². The molecule has 0 bridgehead atoms. The number of benzene rings is 1. The molecule has 5 atom stereocenters. The SMILES string of the molecule is CC[C@@]1(O)C(=O)OCc2c1cc1n(c2=O)Cc2c-1nc1cc(F)c(C)c3c1c2[C@@H](NC(=O)OCCOCNC(=O)[C@H](CCCNC(N)=O)NC(=O)[C@@H](NC(=O)[C@H](CCC(=O)O)NC(=O)CN)C(C)C)CC3. The number of carboxylic acid groups (broad SMARTS) is 1. The number of amides is 7. The Bertz CT molecular complexity index is 2700. The van der Waals surface area contributed by atoms with Gasteiger partial charge in [-0.05, 0) is 74.1 Å². The van der Waals surface area contributed by atoms with Gasteiger partial charge in [0.2, 0.25) is 23.6 Å². The number of fused-ring (bicyclic) bond motifs is 5. The zero-order valence-corrected chi connectivity index (χ0v) is 39.7. The number of carbonyl (C=O) groups excluding carboxylic acids is 7. The van der Waals surface area contributed by atoms with E-state index in [1.807, 2.05) is 0 Å². The number of alkyl carbamates (subject to hydrolysis) is 1. The van der Waals surface area contributed by atoms with Crippen LogP contribution >= 0.6 is 0 Å². The molecular weight excluding hydrogens is 936 g/mol. The number of aromatic nitrogens is 2. The number of cyclic esters (lactones) is 1. The molecule has 1 aromatic carbocycles. The Labute approximate surface area is 405 Å². The average Bonchev–Trinajstić information content (AvgIpc) is 3.70. The molecule has 0 fully saturated rings. The van der Waals surface area contributed by atoms with E-state index in [2.05, 4.69) is 31.9 Å². The average molecular weight is 995 g/mol. The van der Waals surface area contributed by atoms with E-state index in [0.29, 0.717) is 57.4 Å². The van der Waals surface area contributed by atoms with Crippen LogP contribution in [0.15, 0.2) is 16.9 Å². The number of rotatable bonds is 22. The molecule has 2 aromatic heterocycles. The summed E-state index contributed by atoms with van der Waals surface area (Å²) in [5.74, 6) is -6.20. The number of aliphatic carboxylic acids is 1. The summed E-state index contributed by atoms with van der Waals surface area (Å²) in [5.41, 5.74) is 11.5. The molecule has 12 N–H and O–H groups in total. The van der Waals surface area contributed by atoms with Crippen molar-refractivity contribution in [1.29, 1.82) is 0 Å². The monoisotopic (exact) mass is 994 g/mol. The summed E-state index contributed by atoms with van der Waals surface area (Å²) < 4.78 is 33.0. The van der Waals surface area contributed by atoms with Gasteiger partial charge in [0.15, 0.2) is 5.60 Å². The van der Waals surface area contributed by atoms with Gasteiger partial charge in [0.25, 0.3) is 5.56 Å². The third kappa shape index (κ3) is 11.7. The zero-order chi connectivity index (χ0) is 51.9. The highest BCUT2D eigenvalue weighted by molar-refractivity contribution is 5.96. The van der Waals surface area contributed by atoms with Crippen molar-refractivity contribution in [3.05, 3.63) is 61.7 Å². The van der Waals surface area contributed by atoms with E-state index in [1.165, 1.54) is 10.6 Å². The maximum atomic E-state index is 15.4. The van der Waals surface area contributed by atoms with Crippen LogP contribution < -0.4 is 48.9 Å². The lowest BCUT2D eigenvalue weighted by molar-refractivity contribution is -0.172. The van der Waals surface area contributed by atoms with Crippen molar-refractivity contribution in [3.63, 3.8) is 0 Å². The second-order valence-electron chi connectivity index (χ2n) is 17.8. The normalized spacial score (nSPS) is 17.6. The number of primary amides is 1. The number of aliphatic hydroxyl groups is 1. The molecule has 3 aliphatic rings. The molecule has 71 heavy (non-hydrogen) atoms. The topological polar surface area (TPSA) is 364 Å². The van der Waals surface area contributed by atoms with Crippen LogP contribution in [0.2, 0.25) is 0 Å². The first kappa shape index (κ1) is 53.1. The molecule has 0 spiro atoms. The lowest BCUT2D eigenvalue weighted by atomic mass is 9.81. The van der Waals surface area contributed by atoms with E-state index in [4.69, 9.17) is 35.8 Å². The van der Waals surface area contributed by atoms with E-state index in [1.54, 1.807) is 33.8 Å². The molecular formula is C46H59FN10O14. The van der Waals surface area contributed by atoms with Crippen molar-refractivity contribution in [2.45, 2.75) is 116 Å². The minimum absolute atomic E-state index is 0.0100. The molecule has 1 aliphatic carbocycles. The van der Waals surface area contributed by atoms with Gasteiger partial charge < -0.3 is 72.4 Å². The number of urea groups is 1. The van der Waals surface area contributed by atoms with E-state index in [0.717, 1.165) is 0 Å². The predicted molar refractivity (Wildman–Crippen MR) is 247 cm³/mol. The van der Waals surface area contributed by atoms with Crippen LogP contribution in [0.5, 0.6) is 0 Å². The molecule has 2 aliphatic heterocycles. The molecule has 6 rings (SSSR count).